The highest BCUT2D eigenvalue weighted by atomic mass is 16.2. The van der Waals surface area contributed by atoms with Crippen molar-refractivity contribution in [3.05, 3.63) is 29.6 Å². The van der Waals surface area contributed by atoms with Crippen LogP contribution in [0.25, 0.3) is 0 Å². The van der Waals surface area contributed by atoms with Crippen LogP contribution in [0.15, 0.2) is 18.3 Å². The number of likely N-dealkylation sites (N-methyl/N-ethyl adjacent to an activating group) is 1. The smallest absolute Gasteiger partial charge is 0.223 e. The highest BCUT2D eigenvalue weighted by Crippen LogP contribution is 2.26. The lowest BCUT2D eigenvalue weighted by Gasteiger charge is -2.32. The Morgan fingerprint density at radius 2 is 2.04 bits per heavy atom. The van der Waals surface area contributed by atoms with Crippen molar-refractivity contribution >= 4 is 5.91 Å². The lowest BCUT2D eigenvalue weighted by Crippen LogP contribution is -2.47. The fourth-order valence-electron chi connectivity index (χ4n) is 3.53. The molecule has 0 aliphatic carbocycles. The summed E-state index contributed by atoms with van der Waals surface area (Å²) < 4.78 is 0. The van der Waals surface area contributed by atoms with Gasteiger partial charge in [0.15, 0.2) is 0 Å². The summed E-state index contributed by atoms with van der Waals surface area (Å²) in [6, 6.07) is 4.24. The van der Waals surface area contributed by atoms with Crippen molar-refractivity contribution in [2.75, 3.05) is 52.9 Å². The van der Waals surface area contributed by atoms with E-state index >= 15 is 0 Å². The average Bonchev–Trinajstić information content (AvgIpc) is 3.02. The third-order valence-corrected chi connectivity index (χ3v) is 5.13. The number of aromatic nitrogens is 1. The van der Waals surface area contributed by atoms with Crippen LogP contribution in [0.5, 0.6) is 0 Å². The quantitative estimate of drug-likeness (QED) is 0.840. The van der Waals surface area contributed by atoms with Gasteiger partial charge >= 0.3 is 0 Å². The first-order valence-electron chi connectivity index (χ1n) is 8.73. The first kappa shape index (κ1) is 16.4. The van der Waals surface area contributed by atoms with Crippen LogP contribution < -0.4 is 0 Å². The van der Waals surface area contributed by atoms with E-state index in [-0.39, 0.29) is 0 Å². The molecule has 0 saturated carbocycles. The van der Waals surface area contributed by atoms with Gasteiger partial charge in [0.05, 0.1) is 0 Å². The van der Waals surface area contributed by atoms with Crippen LogP contribution in [0.3, 0.4) is 0 Å². The summed E-state index contributed by atoms with van der Waals surface area (Å²) in [5.74, 6) is 0.837. The Kier molecular flexibility index (Phi) is 5.28. The number of hydrogen-bond acceptors (Lipinski definition) is 4. The van der Waals surface area contributed by atoms with E-state index < -0.39 is 0 Å². The maximum Gasteiger partial charge on any atom is 0.223 e. The van der Waals surface area contributed by atoms with Crippen molar-refractivity contribution in [2.24, 2.45) is 0 Å². The van der Waals surface area contributed by atoms with E-state index in [2.05, 4.69) is 34.8 Å². The van der Waals surface area contributed by atoms with E-state index in [0.717, 1.165) is 52.2 Å². The number of carbonyl (C=O) groups excluding carboxylic acids is 1. The Labute approximate surface area is 139 Å². The van der Waals surface area contributed by atoms with Gasteiger partial charge in [0.25, 0.3) is 0 Å². The molecular formula is C18H28N4O. The minimum absolute atomic E-state index is 0.315. The van der Waals surface area contributed by atoms with Crippen LogP contribution in [-0.4, -0.2) is 78.5 Å². The molecule has 0 radical (unpaired) electrons. The largest absolute Gasteiger partial charge is 0.340 e. The number of carbonyl (C=O) groups is 1. The van der Waals surface area contributed by atoms with Gasteiger partial charge in [-0.3, -0.25) is 9.78 Å². The van der Waals surface area contributed by atoms with E-state index in [0.29, 0.717) is 18.2 Å². The number of aryl methyl sites for hydroxylation is 1. The van der Waals surface area contributed by atoms with Crippen LogP contribution >= 0.6 is 0 Å². The molecule has 0 spiro atoms. The molecule has 3 heterocycles. The highest BCUT2D eigenvalue weighted by Gasteiger charge is 2.26. The third-order valence-electron chi connectivity index (χ3n) is 5.13. The molecule has 0 bridgehead atoms. The van der Waals surface area contributed by atoms with Gasteiger partial charge in [-0.2, -0.15) is 0 Å². The number of nitrogens with zero attached hydrogens (tertiary/aromatic N) is 4. The molecule has 0 N–H and O–H groups in total. The van der Waals surface area contributed by atoms with E-state index in [1.54, 1.807) is 0 Å². The molecule has 0 aromatic carbocycles. The van der Waals surface area contributed by atoms with E-state index in [9.17, 15) is 4.79 Å². The van der Waals surface area contributed by atoms with Crippen LogP contribution in [0, 0.1) is 6.92 Å². The molecule has 1 atom stereocenters. The number of rotatable bonds is 4. The number of amides is 1. The van der Waals surface area contributed by atoms with Gasteiger partial charge in [-0.25, -0.2) is 0 Å². The lowest BCUT2D eigenvalue weighted by molar-refractivity contribution is -0.133. The Balaban J connectivity index is 1.44. The number of hydrogen-bond donors (Lipinski definition) is 0. The van der Waals surface area contributed by atoms with Gasteiger partial charge in [0.1, 0.15) is 0 Å². The average molecular weight is 316 g/mol. The fraction of sp³-hybridized carbons (Fsp3) is 0.667. The summed E-state index contributed by atoms with van der Waals surface area (Å²) in [5.41, 5.74) is 2.48. The normalized spacial score (nSPS) is 23.4. The maximum absolute atomic E-state index is 12.3. The van der Waals surface area contributed by atoms with E-state index in [4.69, 9.17) is 0 Å². The molecule has 3 rings (SSSR count). The van der Waals surface area contributed by atoms with Crippen molar-refractivity contribution in [1.82, 2.24) is 19.7 Å². The van der Waals surface area contributed by atoms with Crippen molar-refractivity contribution in [3.63, 3.8) is 0 Å². The van der Waals surface area contributed by atoms with Gasteiger partial charge in [-0.05, 0) is 44.6 Å². The third kappa shape index (κ3) is 4.30. The molecule has 1 aromatic heterocycles. The summed E-state index contributed by atoms with van der Waals surface area (Å²) in [6.07, 6.45) is 3.71. The summed E-state index contributed by atoms with van der Waals surface area (Å²) in [4.78, 5) is 23.6. The van der Waals surface area contributed by atoms with Crippen molar-refractivity contribution < 1.29 is 4.79 Å². The molecule has 23 heavy (non-hydrogen) atoms. The minimum atomic E-state index is 0.315. The molecule has 2 aliphatic heterocycles. The molecule has 5 heteroatoms. The summed E-state index contributed by atoms with van der Waals surface area (Å²) >= 11 is 0. The van der Waals surface area contributed by atoms with Crippen molar-refractivity contribution in [2.45, 2.75) is 25.7 Å². The topological polar surface area (TPSA) is 39.7 Å². The molecule has 2 aliphatic rings. The molecule has 1 aromatic rings. The second-order valence-electron chi connectivity index (χ2n) is 6.98. The standard InChI is InChI=1S/C18H28N4O/c1-15-3-6-19-17(13-15)16-4-7-21(14-16)8-5-18(23)22-11-9-20(2)10-12-22/h3,6,13,16H,4-5,7-12,14H2,1-2H3/t16-/m0/s1. The van der Waals surface area contributed by atoms with Crippen LogP contribution in [-0.2, 0) is 4.79 Å². The van der Waals surface area contributed by atoms with Gasteiger partial charge in [-0.15, -0.1) is 0 Å². The monoisotopic (exact) mass is 316 g/mol. The first-order chi connectivity index (χ1) is 11.1. The molecular weight excluding hydrogens is 288 g/mol. The Morgan fingerprint density at radius 3 is 2.78 bits per heavy atom. The highest BCUT2D eigenvalue weighted by molar-refractivity contribution is 5.76. The Hall–Kier alpha value is -1.46. The fourth-order valence-corrected chi connectivity index (χ4v) is 3.53. The zero-order chi connectivity index (χ0) is 16.2. The molecule has 0 unspecified atom stereocenters. The summed E-state index contributed by atoms with van der Waals surface area (Å²) in [5, 5.41) is 0. The predicted octanol–water partition coefficient (Wildman–Crippen LogP) is 1.34. The number of piperazine rings is 1. The van der Waals surface area contributed by atoms with Gasteiger partial charge in [0, 0.05) is 63.5 Å². The maximum atomic E-state index is 12.3. The SMILES string of the molecule is Cc1ccnc([C@H]2CCN(CCC(=O)N3CCN(C)CC3)C2)c1. The second-order valence-corrected chi connectivity index (χ2v) is 6.98. The van der Waals surface area contributed by atoms with E-state index in [1.165, 1.54) is 11.3 Å². The van der Waals surface area contributed by atoms with Gasteiger partial charge < -0.3 is 14.7 Å². The Morgan fingerprint density at radius 1 is 1.26 bits per heavy atom. The zero-order valence-corrected chi connectivity index (χ0v) is 14.4. The van der Waals surface area contributed by atoms with Crippen LogP contribution in [0.4, 0.5) is 0 Å². The first-order valence-corrected chi connectivity index (χ1v) is 8.73. The van der Waals surface area contributed by atoms with Crippen LogP contribution in [0.2, 0.25) is 0 Å². The summed E-state index contributed by atoms with van der Waals surface area (Å²) in [6.45, 7) is 8.87. The summed E-state index contributed by atoms with van der Waals surface area (Å²) in [7, 11) is 2.12. The van der Waals surface area contributed by atoms with Crippen molar-refractivity contribution in [3.8, 4) is 0 Å². The van der Waals surface area contributed by atoms with Gasteiger partial charge in [-0.1, -0.05) is 0 Å². The lowest BCUT2D eigenvalue weighted by atomic mass is 10.0. The number of likely N-dealkylation sites (tertiary alicyclic amines) is 1. The van der Waals surface area contributed by atoms with Gasteiger partial charge in [0.2, 0.25) is 5.91 Å². The zero-order valence-electron chi connectivity index (χ0n) is 14.4. The second kappa shape index (κ2) is 7.41. The Bertz CT molecular complexity index is 540. The van der Waals surface area contributed by atoms with E-state index in [1.807, 2.05) is 17.2 Å². The van der Waals surface area contributed by atoms with Crippen molar-refractivity contribution in [1.29, 1.82) is 0 Å². The molecule has 1 amide bonds. The molecule has 126 valence electrons. The molecule has 2 saturated heterocycles. The molecule has 5 nitrogen and oxygen atoms in total. The number of pyridine rings is 1. The molecule has 2 fully saturated rings. The predicted molar refractivity (Wildman–Crippen MR) is 91.5 cm³/mol. The van der Waals surface area contributed by atoms with Crippen LogP contribution in [0.1, 0.15) is 30.0 Å². The minimum Gasteiger partial charge on any atom is -0.340 e.